The Morgan fingerprint density at radius 1 is 1.67 bits per heavy atom. The van der Waals surface area contributed by atoms with Crippen LogP contribution in [0.4, 0.5) is 0 Å². The van der Waals surface area contributed by atoms with Gasteiger partial charge in [-0.2, -0.15) is 5.26 Å². The molecule has 1 unspecified atom stereocenters. The summed E-state index contributed by atoms with van der Waals surface area (Å²) in [7, 11) is 0. The van der Waals surface area contributed by atoms with Crippen molar-refractivity contribution in [3.8, 4) is 5.40 Å². The second kappa shape index (κ2) is 5.45. The maximum Gasteiger partial charge on any atom is 0.133 e. The molecule has 3 heteroatoms. The Bertz CT molecular complexity index is 160. The molecule has 0 bridgehead atoms. The van der Waals surface area contributed by atoms with E-state index in [1.807, 2.05) is 0 Å². The summed E-state index contributed by atoms with van der Waals surface area (Å²) >= 11 is 1.36. The predicted octanol–water partition coefficient (Wildman–Crippen LogP) is 2.55. The number of thiocyanates is 1. The molecule has 0 spiro atoms. The minimum Gasteiger partial charge on any atom is -0.377 e. The van der Waals surface area contributed by atoms with E-state index in [1.54, 1.807) is 0 Å². The van der Waals surface area contributed by atoms with Gasteiger partial charge < -0.3 is 4.74 Å². The summed E-state index contributed by atoms with van der Waals surface area (Å²) in [6.45, 7) is 3.00. The third-order valence-corrected chi connectivity index (χ3v) is 3.28. The molecule has 2 atom stereocenters. The predicted molar refractivity (Wildman–Crippen MR) is 50.9 cm³/mol. The van der Waals surface area contributed by atoms with Crippen LogP contribution in [0.5, 0.6) is 0 Å². The van der Waals surface area contributed by atoms with Crippen molar-refractivity contribution in [1.29, 1.82) is 5.26 Å². The molecule has 12 heavy (non-hydrogen) atoms. The third kappa shape index (κ3) is 2.69. The second-order valence-electron chi connectivity index (χ2n) is 3.06. The fourth-order valence-electron chi connectivity index (χ4n) is 1.55. The quantitative estimate of drug-likeness (QED) is 0.633. The zero-order valence-electron chi connectivity index (χ0n) is 7.45. The number of hydrogen-bond donors (Lipinski definition) is 0. The Kier molecular flexibility index (Phi) is 4.49. The van der Waals surface area contributed by atoms with Crippen molar-refractivity contribution in [2.45, 2.75) is 44.0 Å². The number of ether oxygens (including phenoxy) is 1. The highest BCUT2D eigenvalue weighted by Gasteiger charge is 2.23. The van der Waals surface area contributed by atoms with Crippen molar-refractivity contribution >= 4 is 11.8 Å². The minimum atomic E-state index is 0.327. The number of nitriles is 1. The summed E-state index contributed by atoms with van der Waals surface area (Å²) in [6.07, 6.45) is 4.93. The minimum absolute atomic E-state index is 0.327. The first kappa shape index (κ1) is 9.88. The van der Waals surface area contributed by atoms with Crippen molar-refractivity contribution in [3.05, 3.63) is 0 Å². The van der Waals surface area contributed by atoms with Crippen LogP contribution in [0.2, 0.25) is 0 Å². The Hall–Kier alpha value is -0.200. The number of thioether (sulfide) groups is 1. The first-order valence-corrected chi connectivity index (χ1v) is 5.42. The number of nitrogens with zero attached hydrogens (tertiary/aromatic N) is 1. The summed E-state index contributed by atoms with van der Waals surface area (Å²) in [5, 5.41) is 11.1. The smallest absolute Gasteiger partial charge is 0.133 e. The molecule has 2 nitrogen and oxygen atoms in total. The lowest BCUT2D eigenvalue weighted by atomic mass is 10.0. The van der Waals surface area contributed by atoms with Gasteiger partial charge in [0.1, 0.15) is 5.40 Å². The molecule has 0 aliphatic carbocycles. The van der Waals surface area contributed by atoms with Crippen LogP contribution in [0.25, 0.3) is 0 Å². The van der Waals surface area contributed by atoms with Crippen molar-refractivity contribution in [3.63, 3.8) is 0 Å². The third-order valence-electron chi connectivity index (χ3n) is 2.24. The van der Waals surface area contributed by atoms with Gasteiger partial charge in [0.25, 0.3) is 0 Å². The molecular weight excluding hydrogens is 170 g/mol. The summed E-state index contributed by atoms with van der Waals surface area (Å²) in [5.74, 6) is 0. The van der Waals surface area contributed by atoms with Gasteiger partial charge in [-0.1, -0.05) is 6.92 Å². The van der Waals surface area contributed by atoms with E-state index in [-0.39, 0.29) is 0 Å². The normalized spacial score (nSPS) is 26.2. The van der Waals surface area contributed by atoms with Gasteiger partial charge in [0.05, 0.1) is 6.10 Å². The molecule has 0 aromatic carbocycles. The average molecular weight is 185 g/mol. The van der Waals surface area contributed by atoms with Gasteiger partial charge in [-0.05, 0) is 37.4 Å². The van der Waals surface area contributed by atoms with E-state index in [0.29, 0.717) is 11.4 Å². The Morgan fingerprint density at radius 2 is 2.50 bits per heavy atom. The molecule has 1 fully saturated rings. The maximum atomic E-state index is 8.56. The van der Waals surface area contributed by atoms with E-state index in [4.69, 9.17) is 10.00 Å². The fraction of sp³-hybridized carbons (Fsp3) is 0.889. The van der Waals surface area contributed by atoms with E-state index < -0.39 is 0 Å². The molecule has 1 aliphatic rings. The summed E-state index contributed by atoms with van der Waals surface area (Å²) < 4.78 is 5.61. The molecule has 0 amide bonds. The molecule has 1 saturated heterocycles. The molecule has 68 valence electrons. The highest BCUT2D eigenvalue weighted by Crippen LogP contribution is 2.25. The SMILES string of the molecule is CC[C@H](SC#N)C1CCCCO1. The second-order valence-corrected chi connectivity index (χ2v) is 4.08. The Morgan fingerprint density at radius 3 is 3.00 bits per heavy atom. The van der Waals surface area contributed by atoms with Gasteiger partial charge in [0.2, 0.25) is 0 Å². The van der Waals surface area contributed by atoms with Crippen molar-refractivity contribution < 1.29 is 4.74 Å². The van der Waals surface area contributed by atoms with Gasteiger partial charge in [-0.15, -0.1) is 0 Å². The number of hydrogen-bond acceptors (Lipinski definition) is 3. The molecular formula is C9H15NOS. The lowest BCUT2D eigenvalue weighted by Crippen LogP contribution is -2.29. The first-order valence-electron chi connectivity index (χ1n) is 4.54. The Balaban J connectivity index is 2.36. The van der Waals surface area contributed by atoms with E-state index in [9.17, 15) is 0 Å². The van der Waals surface area contributed by atoms with Gasteiger partial charge in [-0.3, -0.25) is 0 Å². The fourth-order valence-corrected chi connectivity index (χ4v) is 2.22. The topological polar surface area (TPSA) is 33.0 Å². The zero-order chi connectivity index (χ0) is 8.81. The molecule has 1 aliphatic heterocycles. The van der Waals surface area contributed by atoms with Gasteiger partial charge in [0, 0.05) is 11.9 Å². The van der Waals surface area contributed by atoms with Crippen LogP contribution >= 0.6 is 11.8 Å². The molecule has 0 N–H and O–H groups in total. The lowest BCUT2D eigenvalue weighted by Gasteiger charge is -2.27. The van der Waals surface area contributed by atoms with Crippen LogP contribution in [0.3, 0.4) is 0 Å². The van der Waals surface area contributed by atoms with Crippen LogP contribution in [0.1, 0.15) is 32.6 Å². The standard InChI is InChI=1S/C9H15NOS/c1-2-9(12-7-10)8-5-3-4-6-11-8/h8-9H,2-6H2,1H3/t8?,9-/m0/s1. The molecule has 0 radical (unpaired) electrons. The number of rotatable bonds is 3. The van der Waals surface area contributed by atoms with E-state index >= 15 is 0 Å². The van der Waals surface area contributed by atoms with Crippen molar-refractivity contribution in [2.75, 3.05) is 6.61 Å². The van der Waals surface area contributed by atoms with Crippen LogP contribution < -0.4 is 0 Å². The molecule has 1 rings (SSSR count). The van der Waals surface area contributed by atoms with Crippen molar-refractivity contribution in [2.24, 2.45) is 0 Å². The van der Waals surface area contributed by atoms with Crippen molar-refractivity contribution in [1.82, 2.24) is 0 Å². The largest absolute Gasteiger partial charge is 0.377 e. The van der Waals surface area contributed by atoms with Gasteiger partial charge >= 0.3 is 0 Å². The average Bonchev–Trinajstić information content (AvgIpc) is 2.15. The monoisotopic (exact) mass is 185 g/mol. The van der Waals surface area contributed by atoms with Crippen LogP contribution in [0.15, 0.2) is 0 Å². The summed E-state index contributed by atoms with van der Waals surface area (Å²) in [5.41, 5.74) is 0. The lowest BCUT2D eigenvalue weighted by molar-refractivity contribution is 0.0149. The highest BCUT2D eigenvalue weighted by atomic mass is 32.2. The summed E-state index contributed by atoms with van der Waals surface area (Å²) in [6, 6.07) is 0. The van der Waals surface area contributed by atoms with Crippen LogP contribution in [-0.2, 0) is 4.74 Å². The van der Waals surface area contributed by atoms with Gasteiger partial charge in [0.15, 0.2) is 0 Å². The van der Waals surface area contributed by atoms with Crippen LogP contribution in [-0.4, -0.2) is 18.0 Å². The van der Waals surface area contributed by atoms with Crippen LogP contribution in [0, 0.1) is 10.7 Å². The Labute approximate surface area is 78.3 Å². The molecule has 1 heterocycles. The summed E-state index contributed by atoms with van der Waals surface area (Å²) in [4.78, 5) is 0. The molecule has 0 saturated carbocycles. The van der Waals surface area contributed by atoms with Gasteiger partial charge in [-0.25, -0.2) is 0 Å². The molecule has 0 aromatic heterocycles. The maximum absolute atomic E-state index is 8.56. The highest BCUT2D eigenvalue weighted by molar-refractivity contribution is 8.04. The van der Waals surface area contributed by atoms with E-state index in [0.717, 1.165) is 19.4 Å². The first-order chi connectivity index (χ1) is 5.88. The van der Waals surface area contributed by atoms with E-state index in [1.165, 1.54) is 24.6 Å². The zero-order valence-corrected chi connectivity index (χ0v) is 8.27. The van der Waals surface area contributed by atoms with E-state index in [2.05, 4.69) is 12.3 Å². The molecule has 0 aromatic rings.